The van der Waals surface area contributed by atoms with Gasteiger partial charge in [-0.2, -0.15) is 4.31 Å². The number of rotatable bonds is 10. The van der Waals surface area contributed by atoms with Crippen molar-refractivity contribution < 1.29 is 13.2 Å². The number of ether oxygens (including phenoxy) is 1. The van der Waals surface area contributed by atoms with E-state index >= 15 is 0 Å². The zero-order chi connectivity index (χ0) is 28.9. The molecule has 0 unspecified atom stereocenters. The van der Waals surface area contributed by atoms with Crippen LogP contribution in [0.2, 0.25) is 0 Å². The average Bonchev–Trinajstić information content (AvgIpc) is 3.32. The van der Waals surface area contributed by atoms with Crippen molar-refractivity contribution in [1.82, 2.24) is 14.3 Å². The van der Waals surface area contributed by atoms with Crippen molar-refractivity contribution >= 4 is 49.4 Å². The molecule has 9 heteroatoms. The Hall–Kier alpha value is -3.27. The van der Waals surface area contributed by atoms with Crippen molar-refractivity contribution in [2.24, 2.45) is 0 Å². The minimum Gasteiger partial charge on any atom is -0.495 e. The van der Waals surface area contributed by atoms with Crippen LogP contribution in [0.25, 0.3) is 22.2 Å². The third-order valence-electron chi connectivity index (χ3n) is 6.98. The highest BCUT2D eigenvalue weighted by molar-refractivity contribution is 7.91. The summed E-state index contributed by atoms with van der Waals surface area (Å²) in [7, 11) is -2.02. The Morgan fingerprint density at radius 3 is 2.75 bits per heavy atom. The van der Waals surface area contributed by atoms with Crippen LogP contribution in [0, 0.1) is 0 Å². The second-order valence-electron chi connectivity index (χ2n) is 10.1. The number of fused-ring (bicyclic) bond motifs is 1. The lowest BCUT2D eigenvalue weighted by Gasteiger charge is -2.20. The number of nitrogens with zero attached hydrogens (tertiary/aromatic N) is 3. The van der Waals surface area contributed by atoms with Crippen LogP contribution in [-0.2, 0) is 14.8 Å². The molecule has 0 spiro atoms. The summed E-state index contributed by atoms with van der Waals surface area (Å²) in [5, 5.41) is 4.56. The monoisotopic (exact) mass is 578 g/mol. The van der Waals surface area contributed by atoms with Gasteiger partial charge in [0.05, 0.1) is 17.5 Å². The molecule has 212 valence electrons. The van der Waals surface area contributed by atoms with Crippen molar-refractivity contribution in [2.45, 2.75) is 57.2 Å². The Balaban J connectivity index is 1.42. The summed E-state index contributed by atoms with van der Waals surface area (Å²) in [5.74, 6) is 1.43. The molecule has 3 aromatic rings. The number of methoxy groups -OCH3 is 1. The normalized spacial score (nSPS) is 16.4. The number of benzene rings is 1. The van der Waals surface area contributed by atoms with Gasteiger partial charge in [-0.1, -0.05) is 42.0 Å². The average molecular weight is 579 g/mol. The van der Waals surface area contributed by atoms with Crippen LogP contribution in [0.1, 0.15) is 57.4 Å². The minimum atomic E-state index is -3.60. The van der Waals surface area contributed by atoms with Gasteiger partial charge in [-0.15, -0.1) is 11.3 Å². The molecule has 0 aliphatic carbocycles. The van der Waals surface area contributed by atoms with Crippen molar-refractivity contribution in [3.63, 3.8) is 0 Å². The van der Waals surface area contributed by atoms with Gasteiger partial charge >= 0.3 is 0 Å². The van der Waals surface area contributed by atoms with Crippen molar-refractivity contribution in [2.75, 3.05) is 25.5 Å². The Morgan fingerprint density at radius 1 is 1.23 bits per heavy atom. The molecule has 0 bridgehead atoms. The molecule has 0 saturated carbocycles. The van der Waals surface area contributed by atoms with Gasteiger partial charge in [0.25, 0.3) is 10.0 Å². The second kappa shape index (κ2) is 12.9. The van der Waals surface area contributed by atoms with Crippen LogP contribution in [0.5, 0.6) is 0 Å². The molecular weight excluding hydrogens is 541 g/mol. The first-order chi connectivity index (χ1) is 19.1. The number of thiophene rings is 1. The first-order valence-corrected chi connectivity index (χ1v) is 15.7. The van der Waals surface area contributed by atoms with E-state index in [1.807, 2.05) is 32.1 Å². The number of aromatic nitrogens is 2. The molecule has 0 amide bonds. The highest BCUT2D eigenvalue weighted by Gasteiger charge is 2.28. The summed E-state index contributed by atoms with van der Waals surface area (Å²) in [6, 6.07) is 9.75. The third kappa shape index (κ3) is 6.71. The fourth-order valence-corrected chi connectivity index (χ4v) is 7.76. The SMILES string of the molecule is C=C(C)/C=C(\OC)c1ccc(S(=O)(=O)N2CCC=C(C[C@H](C)Nc3ncnc4c(/C(C)=C\C)cccc34)CC2)s1. The van der Waals surface area contributed by atoms with E-state index in [2.05, 4.69) is 53.9 Å². The molecule has 1 aliphatic heterocycles. The zero-order valence-electron chi connectivity index (χ0n) is 23.9. The molecule has 40 heavy (non-hydrogen) atoms. The highest BCUT2D eigenvalue weighted by atomic mass is 32.2. The van der Waals surface area contributed by atoms with Gasteiger partial charge in [0.1, 0.15) is 22.1 Å². The number of anilines is 1. The maximum Gasteiger partial charge on any atom is 0.252 e. The number of allylic oxidation sites excluding steroid dienone is 4. The zero-order valence-corrected chi connectivity index (χ0v) is 25.5. The van der Waals surface area contributed by atoms with E-state index in [4.69, 9.17) is 4.74 Å². The minimum absolute atomic E-state index is 0.117. The molecular formula is C31H38N4O3S2. The van der Waals surface area contributed by atoms with Crippen molar-refractivity contribution in [3.8, 4) is 0 Å². The third-order valence-corrected chi connectivity index (χ3v) is 10.4. The van der Waals surface area contributed by atoms with E-state index in [9.17, 15) is 8.42 Å². The van der Waals surface area contributed by atoms with Gasteiger partial charge in [0.15, 0.2) is 0 Å². The molecule has 0 radical (unpaired) electrons. The Labute approximate surface area is 242 Å². The topological polar surface area (TPSA) is 84.4 Å². The van der Waals surface area contributed by atoms with Crippen LogP contribution < -0.4 is 5.32 Å². The molecule has 3 heterocycles. The lowest BCUT2D eigenvalue weighted by Crippen LogP contribution is -2.31. The van der Waals surface area contributed by atoms with Crippen LogP contribution in [-0.4, -0.2) is 48.9 Å². The quantitative estimate of drug-likeness (QED) is 0.155. The molecule has 1 atom stereocenters. The van der Waals surface area contributed by atoms with E-state index in [0.29, 0.717) is 35.9 Å². The predicted molar refractivity (Wildman–Crippen MR) is 167 cm³/mol. The molecule has 1 N–H and O–H groups in total. The van der Waals surface area contributed by atoms with E-state index < -0.39 is 10.0 Å². The van der Waals surface area contributed by atoms with Crippen LogP contribution >= 0.6 is 11.3 Å². The standard InChI is InChI=1S/C31H38N4O3S2/c1-7-22(4)25-11-8-12-26-30(25)32-20-33-31(26)34-23(5)19-24-10-9-16-35(17-15-24)40(36,37)29-14-13-28(39-29)27(38-6)18-21(2)3/h7-8,10-14,18,20,23H,2,9,15-17,19H2,1,3-6H3,(H,32,33,34)/b22-7-,27-18-/t23-/m0/s1. The predicted octanol–water partition coefficient (Wildman–Crippen LogP) is 7.28. The van der Waals surface area contributed by atoms with Gasteiger partial charge in [-0.05, 0) is 76.8 Å². The number of nitrogens with one attached hydrogen (secondary N) is 1. The number of para-hydroxylation sites is 1. The summed E-state index contributed by atoms with van der Waals surface area (Å²) in [5.41, 5.74) is 5.30. The van der Waals surface area contributed by atoms with Crippen LogP contribution in [0.3, 0.4) is 0 Å². The van der Waals surface area contributed by atoms with E-state index in [1.54, 1.807) is 29.9 Å². The Morgan fingerprint density at radius 2 is 2.02 bits per heavy atom. The molecule has 4 rings (SSSR count). The molecule has 2 aromatic heterocycles. The maximum atomic E-state index is 13.5. The Kier molecular flexibility index (Phi) is 9.60. The highest BCUT2D eigenvalue weighted by Crippen LogP contribution is 2.32. The lowest BCUT2D eigenvalue weighted by atomic mass is 10.0. The Bertz CT molecular complexity index is 1580. The van der Waals surface area contributed by atoms with Gasteiger partial charge < -0.3 is 10.1 Å². The summed E-state index contributed by atoms with van der Waals surface area (Å²) in [4.78, 5) is 9.85. The largest absolute Gasteiger partial charge is 0.495 e. The maximum absolute atomic E-state index is 13.5. The first kappa shape index (κ1) is 29.7. The van der Waals surface area contributed by atoms with E-state index in [0.717, 1.165) is 39.2 Å². The summed E-state index contributed by atoms with van der Waals surface area (Å²) in [6.07, 6.45) is 9.88. The fraction of sp³-hybridized carbons (Fsp3) is 0.355. The molecule has 7 nitrogen and oxygen atoms in total. The first-order valence-electron chi connectivity index (χ1n) is 13.5. The molecule has 1 aliphatic rings. The van der Waals surface area contributed by atoms with Crippen molar-refractivity contribution in [1.29, 1.82) is 0 Å². The summed E-state index contributed by atoms with van der Waals surface area (Å²) >= 11 is 1.23. The number of sulfonamides is 1. The van der Waals surface area contributed by atoms with Crippen LogP contribution in [0.4, 0.5) is 5.82 Å². The molecule has 1 aromatic carbocycles. The van der Waals surface area contributed by atoms with Gasteiger partial charge in [-0.3, -0.25) is 0 Å². The summed E-state index contributed by atoms with van der Waals surface area (Å²) in [6.45, 7) is 12.9. The van der Waals surface area contributed by atoms with E-state index in [1.165, 1.54) is 22.5 Å². The van der Waals surface area contributed by atoms with Crippen molar-refractivity contribution in [3.05, 3.63) is 83.1 Å². The summed E-state index contributed by atoms with van der Waals surface area (Å²) < 4.78 is 34.3. The van der Waals surface area contributed by atoms with Gasteiger partial charge in [0, 0.05) is 30.1 Å². The molecule has 0 saturated heterocycles. The smallest absolute Gasteiger partial charge is 0.252 e. The van der Waals surface area contributed by atoms with Gasteiger partial charge in [0.2, 0.25) is 0 Å². The number of hydrogen-bond acceptors (Lipinski definition) is 7. The van der Waals surface area contributed by atoms with Crippen LogP contribution in [0.15, 0.2) is 76.8 Å². The molecule has 0 fully saturated rings. The fourth-order valence-electron chi connectivity index (χ4n) is 4.85. The van der Waals surface area contributed by atoms with Gasteiger partial charge in [-0.25, -0.2) is 18.4 Å². The lowest BCUT2D eigenvalue weighted by molar-refractivity contribution is 0.371. The second-order valence-corrected chi connectivity index (χ2v) is 13.4. The number of hydrogen-bond donors (Lipinski definition) is 1. The van der Waals surface area contributed by atoms with E-state index in [-0.39, 0.29) is 6.04 Å².